The lowest BCUT2D eigenvalue weighted by atomic mass is 9.98. The SMILES string of the molecule is CC1=CCCC(CCF)=C1. The van der Waals surface area contributed by atoms with E-state index in [9.17, 15) is 4.39 Å². The van der Waals surface area contributed by atoms with Crippen LogP contribution in [-0.2, 0) is 0 Å². The van der Waals surface area contributed by atoms with Gasteiger partial charge < -0.3 is 0 Å². The first kappa shape index (κ1) is 7.52. The van der Waals surface area contributed by atoms with Crippen LogP contribution in [0.5, 0.6) is 0 Å². The molecule has 1 aliphatic rings. The molecule has 0 heterocycles. The fraction of sp³-hybridized carbons (Fsp3) is 0.556. The molecule has 0 aliphatic heterocycles. The van der Waals surface area contributed by atoms with Crippen LogP contribution in [0.1, 0.15) is 26.2 Å². The summed E-state index contributed by atoms with van der Waals surface area (Å²) in [5, 5.41) is 0. The van der Waals surface area contributed by atoms with Crippen molar-refractivity contribution >= 4 is 0 Å². The van der Waals surface area contributed by atoms with Crippen LogP contribution in [0, 0.1) is 0 Å². The van der Waals surface area contributed by atoms with Gasteiger partial charge in [0.25, 0.3) is 0 Å². The van der Waals surface area contributed by atoms with E-state index in [0.29, 0.717) is 6.42 Å². The van der Waals surface area contributed by atoms with Crippen LogP contribution in [0.2, 0.25) is 0 Å². The van der Waals surface area contributed by atoms with Crippen molar-refractivity contribution in [1.29, 1.82) is 0 Å². The molecule has 0 aromatic heterocycles. The van der Waals surface area contributed by atoms with Crippen molar-refractivity contribution in [3.8, 4) is 0 Å². The van der Waals surface area contributed by atoms with Crippen LogP contribution in [-0.4, -0.2) is 6.67 Å². The van der Waals surface area contributed by atoms with Crippen molar-refractivity contribution in [3.05, 3.63) is 23.3 Å². The summed E-state index contributed by atoms with van der Waals surface area (Å²) in [7, 11) is 0. The number of rotatable bonds is 2. The monoisotopic (exact) mass is 140 g/mol. The predicted molar refractivity (Wildman–Crippen MR) is 41.7 cm³/mol. The van der Waals surface area contributed by atoms with Crippen LogP contribution >= 0.6 is 0 Å². The number of hydrogen-bond acceptors (Lipinski definition) is 0. The lowest BCUT2D eigenvalue weighted by Gasteiger charge is -2.08. The second kappa shape index (κ2) is 3.55. The van der Waals surface area contributed by atoms with Gasteiger partial charge in [-0.2, -0.15) is 0 Å². The van der Waals surface area contributed by atoms with E-state index in [0.717, 1.165) is 12.8 Å². The van der Waals surface area contributed by atoms with Crippen molar-refractivity contribution in [1.82, 2.24) is 0 Å². The van der Waals surface area contributed by atoms with Gasteiger partial charge in [-0.1, -0.05) is 23.3 Å². The minimum Gasteiger partial charge on any atom is -0.251 e. The highest BCUT2D eigenvalue weighted by atomic mass is 19.1. The number of alkyl halides is 1. The van der Waals surface area contributed by atoms with E-state index >= 15 is 0 Å². The van der Waals surface area contributed by atoms with E-state index < -0.39 is 0 Å². The second-order valence-electron chi connectivity index (χ2n) is 2.73. The van der Waals surface area contributed by atoms with Crippen LogP contribution < -0.4 is 0 Å². The molecule has 0 radical (unpaired) electrons. The normalized spacial score (nSPS) is 18.2. The van der Waals surface area contributed by atoms with Crippen molar-refractivity contribution in [2.45, 2.75) is 26.2 Å². The molecule has 1 heteroatoms. The molecule has 0 aromatic carbocycles. The molecule has 0 aromatic rings. The summed E-state index contributed by atoms with van der Waals surface area (Å²) in [4.78, 5) is 0. The number of hydrogen-bond donors (Lipinski definition) is 0. The summed E-state index contributed by atoms with van der Waals surface area (Å²) in [6.07, 6.45) is 7.08. The molecule has 0 saturated heterocycles. The molecule has 0 N–H and O–H groups in total. The summed E-state index contributed by atoms with van der Waals surface area (Å²) in [6, 6.07) is 0. The third-order valence-corrected chi connectivity index (χ3v) is 1.78. The van der Waals surface area contributed by atoms with Crippen LogP contribution in [0.25, 0.3) is 0 Å². The Labute approximate surface area is 61.4 Å². The van der Waals surface area contributed by atoms with Gasteiger partial charge in [-0.15, -0.1) is 0 Å². The van der Waals surface area contributed by atoms with Crippen molar-refractivity contribution in [2.24, 2.45) is 0 Å². The Morgan fingerprint density at radius 3 is 3.00 bits per heavy atom. The van der Waals surface area contributed by atoms with E-state index in [2.05, 4.69) is 19.1 Å². The van der Waals surface area contributed by atoms with E-state index in [1.165, 1.54) is 11.1 Å². The molecule has 1 aliphatic carbocycles. The molecule has 0 fully saturated rings. The van der Waals surface area contributed by atoms with E-state index in [-0.39, 0.29) is 6.67 Å². The summed E-state index contributed by atoms with van der Waals surface area (Å²) in [5.41, 5.74) is 2.55. The molecule has 10 heavy (non-hydrogen) atoms. The second-order valence-corrected chi connectivity index (χ2v) is 2.73. The predicted octanol–water partition coefficient (Wildman–Crippen LogP) is 3.01. The third kappa shape index (κ3) is 1.98. The average Bonchev–Trinajstić information content (AvgIpc) is 1.88. The molecular weight excluding hydrogens is 127 g/mol. The van der Waals surface area contributed by atoms with Crippen LogP contribution in [0.15, 0.2) is 23.3 Å². The van der Waals surface area contributed by atoms with Gasteiger partial charge in [0.15, 0.2) is 0 Å². The minimum absolute atomic E-state index is 0.209. The van der Waals surface area contributed by atoms with Gasteiger partial charge in [-0.05, 0) is 26.2 Å². The molecule has 0 nitrogen and oxygen atoms in total. The van der Waals surface area contributed by atoms with Gasteiger partial charge in [0.05, 0.1) is 6.67 Å². The van der Waals surface area contributed by atoms with Gasteiger partial charge in [0.1, 0.15) is 0 Å². The fourth-order valence-corrected chi connectivity index (χ4v) is 1.26. The van der Waals surface area contributed by atoms with Gasteiger partial charge in [0.2, 0.25) is 0 Å². The zero-order chi connectivity index (χ0) is 7.40. The first-order chi connectivity index (χ1) is 4.83. The van der Waals surface area contributed by atoms with Gasteiger partial charge in [-0.3, -0.25) is 4.39 Å². The molecule has 0 unspecified atom stereocenters. The maximum Gasteiger partial charge on any atom is 0.0931 e. The lowest BCUT2D eigenvalue weighted by molar-refractivity contribution is 0.489. The van der Waals surface area contributed by atoms with Gasteiger partial charge >= 0.3 is 0 Å². The Balaban J connectivity index is 2.51. The molecular formula is C9H13F. The van der Waals surface area contributed by atoms with Crippen molar-refractivity contribution < 1.29 is 4.39 Å². The Hall–Kier alpha value is -0.590. The standard InChI is InChI=1S/C9H13F/c1-8-3-2-4-9(7-8)5-6-10/h3,7H,2,4-6H2,1H3. The molecule has 56 valence electrons. The highest BCUT2D eigenvalue weighted by molar-refractivity contribution is 5.25. The third-order valence-electron chi connectivity index (χ3n) is 1.78. The minimum atomic E-state index is -0.209. The van der Waals surface area contributed by atoms with Crippen LogP contribution in [0.3, 0.4) is 0 Å². The lowest BCUT2D eigenvalue weighted by Crippen LogP contribution is -1.91. The highest BCUT2D eigenvalue weighted by Gasteiger charge is 2.01. The quantitative estimate of drug-likeness (QED) is 0.553. The molecule has 0 saturated carbocycles. The van der Waals surface area contributed by atoms with E-state index in [1.54, 1.807) is 0 Å². The van der Waals surface area contributed by atoms with E-state index in [4.69, 9.17) is 0 Å². The molecule has 1 rings (SSSR count). The maximum atomic E-state index is 11.8. The largest absolute Gasteiger partial charge is 0.251 e. The summed E-state index contributed by atoms with van der Waals surface area (Å²) in [5.74, 6) is 0. The smallest absolute Gasteiger partial charge is 0.0931 e. The zero-order valence-electron chi connectivity index (χ0n) is 6.36. The topological polar surface area (TPSA) is 0 Å². The zero-order valence-corrected chi connectivity index (χ0v) is 6.36. The Morgan fingerprint density at radius 1 is 1.60 bits per heavy atom. The first-order valence-electron chi connectivity index (χ1n) is 3.75. The Morgan fingerprint density at radius 2 is 2.40 bits per heavy atom. The summed E-state index contributed by atoms with van der Waals surface area (Å²) in [6.45, 7) is 1.86. The summed E-state index contributed by atoms with van der Waals surface area (Å²) >= 11 is 0. The van der Waals surface area contributed by atoms with Crippen LogP contribution in [0.4, 0.5) is 4.39 Å². The molecule has 0 atom stereocenters. The molecule has 0 bridgehead atoms. The Bertz CT molecular complexity index is 166. The highest BCUT2D eigenvalue weighted by Crippen LogP contribution is 2.19. The van der Waals surface area contributed by atoms with Crippen molar-refractivity contribution in [2.75, 3.05) is 6.67 Å². The van der Waals surface area contributed by atoms with E-state index in [1.807, 2.05) is 0 Å². The van der Waals surface area contributed by atoms with Gasteiger partial charge in [-0.25, -0.2) is 0 Å². The number of halogens is 1. The fourth-order valence-electron chi connectivity index (χ4n) is 1.26. The van der Waals surface area contributed by atoms with Gasteiger partial charge in [0, 0.05) is 0 Å². The molecule has 0 spiro atoms. The maximum absolute atomic E-state index is 11.8. The Kier molecular flexibility index (Phi) is 2.67. The van der Waals surface area contributed by atoms with Crippen molar-refractivity contribution in [3.63, 3.8) is 0 Å². The summed E-state index contributed by atoms with van der Waals surface area (Å²) < 4.78 is 11.8. The molecule has 0 amide bonds. The average molecular weight is 140 g/mol. The first-order valence-corrected chi connectivity index (χ1v) is 3.75. The number of allylic oxidation sites excluding steroid dienone is 4.